The molecule has 3 nitrogen and oxygen atoms in total. The van der Waals surface area contributed by atoms with E-state index in [1.54, 1.807) is 6.92 Å². The smallest absolute Gasteiger partial charge is 0.328 e. The van der Waals surface area contributed by atoms with Crippen LogP contribution in [0.1, 0.15) is 18.1 Å². The van der Waals surface area contributed by atoms with Crippen molar-refractivity contribution in [3.05, 3.63) is 41.0 Å². The summed E-state index contributed by atoms with van der Waals surface area (Å²) in [5.74, 6) is -0.169. The fourth-order valence-corrected chi connectivity index (χ4v) is 1.47. The van der Waals surface area contributed by atoms with Crippen molar-refractivity contribution < 1.29 is 14.6 Å². The van der Waals surface area contributed by atoms with Gasteiger partial charge in [0.15, 0.2) is 0 Å². The molecule has 0 aliphatic heterocycles. The van der Waals surface area contributed by atoms with Crippen LogP contribution in [0, 0.1) is 13.8 Å². The Hall–Kier alpha value is -1.77. The van der Waals surface area contributed by atoms with Crippen molar-refractivity contribution in [3.63, 3.8) is 0 Å². The molecule has 16 heavy (non-hydrogen) atoms. The monoisotopic (exact) mass is 220 g/mol. The second kappa shape index (κ2) is 5.35. The molecule has 0 bridgehead atoms. The first kappa shape index (κ1) is 12.3. The summed E-state index contributed by atoms with van der Waals surface area (Å²) in [4.78, 5) is 10.4. The maximum absolute atomic E-state index is 10.4. The second-order valence-corrected chi connectivity index (χ2v) is 3.94. The van der Waals surface area contributed by atoms with Gasteiger partial charge in [0.05, 0.1) is 0 Å². The van der Waals surface area contributed by atoms with Gasteiger partial charge < -0.3 is 9.84 Å². The van der Waals surface area contributed by atoms with Gasteiger partial charge in [-0.05, 0) is 49.6 Å². The van der Waals surface area contributed by atoms with Crippen molar-refractivity contribution in [2.24, 2.45) is 0 Å². The topological polar surface area (TPSA) is 46.5 Å². The molecule has 3 heteroatoms. The molecule has 1 aromatic carbocycles. The predicted molar refractivity (Wildman–Crippen MR) is 62.8 cm³/mol. The third-order valence-corrected chi connectivity index (χ3v) is 2.03. The van der Waals surface area contributed by atoms with Crippen LogP contribution in [0.5, 0.6) is 5.75 Å². The van der Waals surface area contributed by atoms with Gasteiger partial charge in [0.25, 0.3) is 0 Å². The molecular formula is C13H16O3. The Bertz CT molecular complexity index is 399. The van der Waals surface area contributed by atoms with Gasteiger partial charge in [-0.25, -0.2) is 4.79 Å². The molecule has 0 heterocycles. The zero-order chi connectivity index (χ0) is 12.1. The van der Waals surface area contributed by atoms with Gasteiger partial charge in [0.2, 0.25) is 0 Å². The minimum atomic E-state index is -0.943. The van der Waals surface area contributed by atoms with Crippen molar-refractivity contribution in [2.45, 2.75) is 20.8 Å². The van der Waals surface area contributed by atoms with Gasteiger partial charge in [0, 0.05) is 6.08 Å². The standard InChI is InChI=1S/C13H16O3/c1-9-4-10(2)6-12(5-9)16-8-11(3)7-13(14)15/h4-7H,8H2,1-3H3,(H,14,15)/b11-7+. The molecule has 0 spiro atoms. The summed E-state index contributed by atoms with van der Waals surface area (Å²) in [7, 11) is 0. The minimum Gasteiger partial charge on any atom is -0.489 e. The van der Waals surface area contributed by atoms with Crippen LogP contribution in [-0.2, 0) is 4.79 Å². The van der Waals surface area contributed by atoms with E-state index in [1.165, 1.54) is 0 Å². The van der Waals surface area contributed by atoms with E-state index in [9.17, 15) is 4.79 Å². The van der Waals surface area contributed by atoms with Crippen LogP contribution in [-0.4, -0.2) is 17.7 Å². The zero-order valence-electron chi connectivity index (χ0n) is 9.78. The average Bonchev–Trinajstić information content (AvgIpc) is 2.12. The fourth-order valence-electron chi connectivity index (χ4n) is 1.47. The van der Waals surface area contributed by atoms with Crippen LogP contribution in [0.4, 0.5) is 0 Å². The number of hydrogen-bond acceptors (Lipinski definition) is 2. The Morgan fingerprint density at radius 3 is 2.38 bits per heavy atom. The summed E-state index contributed by atoms with van der Waals surface area (Å²) in [6.07, 6.45) is 1.16. The molecule has 0 saturated carbocycles. The molecule has 1 aromatic rings. The van der Waals surface area contributed by atoms with Gasteiger partial charge in [-0.2, -0.15) is 0 Å². The molecule has 0 atom stereocenters. The van der Waals surface area contributed by atoms with Crippen molar-refractivity contribution >= 4 is 5.97 Å². The second-order valence-electron chi connectivity index (χ2n) is 3.94. The predicted octanol–water partition coefficient (Wildman–Crippen LogP) is 2.71. The minimum absolute atomic E-state index is 0.301. The number of hydrogen-bond donors (Lipinski definition) is 1. The normalized spacial score (nSPS) is 11.3. The maximum Gasteiger partial charge on any atom is 0.328 e. The van der Waals surface area contributed by atoms with E-state index in [0.717, 1.165) is 23.0 Å². The number of carboxylic acids is 1. The van der Waals surface area contributed by atoms with Crippen molar-refractivity contribution in [3.8, 4) is 5.75 Å². The highest BCUT2D eigenvalue weighted by Gasteiger charge is 1.99. The van der Waals surface area contributed by atoms with Crippen LogP contribution in [0.15, 0.2) is 29.8 Å². The van der Waals surface area contributed by atoms with Gasteiger partial charge in [-0.1, -0.05) is 6.07 Å². The lowest BCUT2D eigenvalue weighted by molar-refractivity contribution is -0.131. The van der Waals surface area contributed by atoms with Crippen LogP contribution in [0.3, 0.4) is 0 Å². The van der Waals surface area contributed by atoms with E-state index in [-0.39, 0.29) is 0 Å². The van der Waals surface area contributed by atoms with Crippen LogP contribution < -0.4 is 4.74 Å². The number of carboxylic acid groups (broad SMARTS) is 1. The SMILES string of the molecule is C/C(=C\C(=O)O)COc1cc(C)cc(C)c1. The summed E-state index contributed by atoms with van der Waals surface area (Å²) in [5.41, 5.74) is 2.95. The van der Waals surface area contributed by atoms with Gasteiger partial charge in [-0.15, -0.1) is 0 Å². The van der Waals surface area contributed by atoms with E-state index in [0.29, 0.717) is 12.2 Å². The van der Waals surface area contributed by atoms with Crippen molar-refractivity contribution in [2.75, 3.05) is 6.61 Å². The fraction of sp³-hybridized carbons (Fsp3) is 0.308. The van der Waals surface area contributed by atoms with E-state index in [2.05, 4.69) is 6.07 Å². The molecule has 0 aliphatic carbocycles. The molecule has 0 aliphatic rings. The summed E-state index contributed by atoms with van der Waals surface area (Å²) in [6.45, 7) is 6.03. The van der Waals surface area contributed by atoms with E-state index >= 15 is 0 Å². The van der Waals surface area contributed by atoms with Crippen LogP contribution in [0.25, 0.3) is 0 Å². The third kappa shape index (κ3) is 4.17. The number of benzene rings is 1. The molecule has 0 amide bonds. The summed E-state index contributed by atoms with van der Waals surface area (Å²) >= 11 is 0. The Morgan fingerprint density at radius 1 is 1.31 bits per heavy atom. The van der Waals surface area contributed by atoms with E-state index < -0.39 is 5.97 Å². The molecule has 0 unspecified atom stereocenters. The van der Waals surface area contributed by atoms with Crippen molar-refractivity contribution in [1.82, 2.24) is 0 Å². The van der Waals surface area contributed by atoms with Gasteiger partial charge in [-0.3, -0.25) is 0 Å². The number of rotatable bonds is 4. The first-order valence-electron chi connectivity index (χ1n) is 5.08. The Labute approximate surface area is 95.4 Å². The molecule has 0 radical (unpaired) electrons. The summed E-state index contributed by atoms with van der Waals surface area (Å²) in [5, 5.41) is 8.54. The number of aliphatic carboxylic acids is 1. The molecule has 0 aromatic heterocycles. The molecular weight excluding hydrogens is 204 g/mol. The average molecular weight is 220 g/mol. The van der Waals surface area contributed by atoms with Crippen molar-refractivity contribution in [1.29, 1.82) is 0 Å². The lowest BCUT2D eigenvalue weighted by Crippen LogP contribution is -2.01. The summed E-state index contributed by atoms with van der Waals surface area (Å²) in [6, 6.07) is 5.93. The lowest BCUT2D eigenvalue weighted by atomic mass is 10.1. The maximum atomic E-state index is 10.4. The molecule has 0 saturated heterocycles. The van der Waals surface area contributed by atoms with Crippen LogP contribution >= 0.6 is 0 Å². The lowest BCUT2D eigenvalue weighted by Gasteiger charge is -2.08. The molecule has 1 rings (SSSR count). The first-order valence-corrected chi connectivity index (χ1v) is 5.08. The molecule has 0 fully saturated rings. The highest BCUT2D eigenvalue weighted by Crippen LogP contribution is 2.16. The third-order valence-electron chi connectivity index (χ3n) is 2.03. The summed E-state index contributed by atoms with van der Waals surface area (Å²) < 4.78 is 5.50. The largest absolute Gasteiger partial charge is 0.489 e. The highest BCUT2D eigenvalue weighted by molar-refractivity contribution is 5.80. The Kier molecular flexibility index (Phi) is 4.11. The Balaban J connectivity index is 2.64. The van der Waals surface area contributed by atoms with E-state index in [4.69, 9.17) is 9.84 Å². The number of aryl methyl sites for hydroxylation is 2. The van der Waals surface area contributed by atoms with E-state index in [1.807, 2.05) is 26.0 Å². The van der Waals surface area contributed by atoms with Gasteiger partial charge in [0.1, 0.15) is 12.4 Å². The number of ether oxygens (including phenoxy) is 1. The quantitative estimate of drug-likeness (QED) is 0.793. The molecule has 86 valence electrons. The zero-order valence-corrected chi connectivity index (χ0v) is 9.78. The Morgan fingerprint density at radius 2 is 1.88 bits per heavy atom. The molecule has 1 N–H and O–H groups in total. The highest BCUT2D eigenvalue weighted by atomic mass is 16.5. The first-order chi connectivity index (χ1) is 7.47. The van der Waals surface area contributed by atoms with Gasteiger partial charge >= 0.3 is 5.97 Å². The van der Waals surface area contributed by atoms with Crippen LogP contribution in [0.2, 0.25) is 0 Å². The number of carbonyl (C=O) groups is 1.